The van der Waals surface area contributed by atoms with Crippen molar-refractivity contribution in [3.63, 3.8) is 0 Å². The van der Waals surface area contributed by atoms with Crippen LogP contribution in [0.5, 0.6) is 5.75 Å². The van der Waals surface area contributed by atoms with Gasteiger partial charge >= 0.3 is 0 Å². The summed E-state index contributed by atoms with van der Waals surface area (Å²) in [6, 6.07) is 34.8. The quantitative estimate of drug-likeness (QED) is 0.187. The largest absolute Gasteiger partial charge is 0.484 e. The molecule has 8 aromatic rings. The van der Waals surface area contributed by atoms with E-state index in [9.17, 15) is 18.0 Å². The van der Waals surface area contributed by atoms with Gasteiger partial charge in [-0.25, -0.2) is 13.2 Å². The summed E-state index contributed by atoms with van der Waals surface area (Å²) in [6.45, 7) is 0. The van der Waals surface area contributed by atoms with E-state index < -0.39 is 23.6 Å². The third kappa shape index (κ3) is 3.91. The third-order valence-corrected chi connectivity index (χ3v) is 8.96. The van der Waals surface area contributed by atoms with Gasteiger partial charge in [-0.15, -0.1) is 0 Å². The number of hydrogen-bond donors (Lipinski definition) is 0. The summed E-state index contributed by atoms with van der Waals surface area (Å²) >= 11 is 0. The minimum absolute atomic E-state index is 0.0462. The minimum Gasteiger partial charge on any atom is -0.484 e. The highest BCUT2D eigenvalue weighted by Gasteiger charge is 2.29. The Hall–Kier alpha value is -5.82. The molecule has 1 aliphatic heterocycles. The van der Waals surface area contributed by atoms with Crippen LogP contribution in [0.15, 0.2) is 120 Å². The Morgan fingerprint density at radius 1 is 0.630 bits per heavy atom. The van der Waals surface area contributed by atoms with Crippen LogP contribution in [0, 0.1) is 17.5 Å². The Bertz CT molecular complexity index is 2550. The molecule has 6 aromatic carbocycles. The predicted molar refractivity (Wildman–Crippen MR) is 172 cm³/mol. The molecule has 222 valence electrons. The van der Waals surface area contributed by atoms with E-state index in [0.717, 1.165) is 55.5 Å². The standard InChI is InChI=1S/C39H22F3NO3/c40-30-15-14-24(38(41)39(30)42)21-9-11-22(12-10-21)36-20-33(44)29-17-23(13-16-35(29)45-36)43-31-7-3-1-5-25(31)27-18-28-26-6-2-4-8-34(26)46-37(28)19-32(27)43/h1-19,36H,20H2. The second-order valence-corrected chi connectivity index (χ2v) is 11.6. The number of Topliss-reactive ketones (excluding diaryl/α,β-unsaturated/α-hetero) is 1. The van der Waals surface area contributed by atoms with E-state index in [1.165, 1.54) is 6.07 Å². The molecule has 0 bridgehead atoms. The molecule has 0 amide bonds. The molecule has 0 N–H and O–H groups in total. The fourth-order valence-electron chi connectivity index (χ4n) is 6.73. The van der Waals surface area contributed by atoms with Crippen LogP contribution < -0.4 is 4.74 Å². The van der Waals surface area contributed by atoms with Gasteiger partial charge in [-0.2, -0.15) is 0 Å². The lowest BCUT2D eigenvalue weighted by atomic mass is 9.94. The molecule has 1 aliphatic rings. The molecule has 0 spiro atoms. The van der Waals surface area contributed by atoms with Gasteiger partial charge in [0.15, 0.2) is 23.2 Å². The molecule has 3 heterocycles. The molecule has 46 heavy (non-hydrogen) atoms. The number of fused-ring (bicyclic) bond motifs is 7. The Morgan fingerprint density at radius 3 is 2.26 bits per heavy atom. The van der Waals surface area contributed by atoms with Gasteiger partial charge in [0, 0.05) is 38.9 Å². The number of carbonyl (C=O) groups excluding carboxylic acids is 1. The van der Waals surface area contributed by atoms with Gasteiger partial charge in [0.1, 0.15) is 23.0 Å². The van der Waals surface area contributed by atoms with Crippen LogP contribution in [-0.2, 0) is 0 Å². The molecule has 1 unspecified atom stereocenters. The van der Waals surface area contributed by atoms with Crippen molar-refractivity contribution in [2.45, 2.75) is 12.5 Å². The molecule has 2 aromatic heterocycles. The number of carbonyl (C=O) groups is 1. The van der Waals surface area contributed by atoms with Crippen LogP contribution in [0.4, 0.5) is 13.2 Å². The average Bonchev–Trinajstić information content (AvgIpc) is 3.61. The molecule has 4 nitrogen and oxygen atoms in total. The molecule has 1 atom stereocenters. The van der Waals surface area contributed by atoms with E-state index in [1.54, 1.807) is 24.3 Å². The maximum atomic E-state index is 14.3. The lowest BCUT2D eigenvalue weighted by Crippen LogP contribution is -2.20. The highest BCUT2D eigenvalue weighted by Crippen LogP contribution is 2.41. The molecule has 0 aliphatic carbocycles. The number of benzene rings is 6. The Labute approximate surface area is 259 Å². The maximum Gasteiger partial charge on any atom is 0.195 e. The van der Waals surface area contributed by atoms with Crippen molar-refractivity contribution in [2.24, 2.45) is 0 Å². The monoisotopic (exact) mass is 609 g/mol. The number of ketones is 1. The minimum atomic E-state index is -1.51. The van der Waals surface area contributed by atoms with Crippen LogP contribution in [0.3, 0.4) is 0 Å². The normalized spacial score (nSPS) is 14.8. The van der Waals surface area contributed by atoms with Gasteiger partial charge in [0.25, 0.3) is 0 Å². The number of para-hydroxylation sites is 2. The zero-order chi connectivity index (χ0) is 31.1. The molecular formula is C39H22F3NO3. The maximum absolute atomic E-state index is 14.3. The number of furan rings is 1. The van der Waals surface area contributed by atoms with E-state index in [2.05, 4.69) is 34.9 Å². The van der Waals surface area contributed by atoms with Gasteiger partial charge in [-0.3, -0.25) is 4.79 Å². The smallest absolute Gasteiger partial charge is 0.195 e. The molecule has 0 saturated carbocycles. The average molecular weight is 610 g/mol. The first kappa shape index (κ1) is 26.6. The van der Waals surface area contributed by atoms with Crippen molar-refractivity contribution in [1.82, 2.24) is 4.57 Å². The van der Waals surface area contributed by atoms with Crippen molar-refractivity contribution in [2.75, 3.05) is 0 Å². The van der Waals surface area contributed by atoms with E-state index in [1.807, 2.05) is 48.5 Å². The molecule has 9 rings (SSSR count). The highest BCUT2D eigenvalue weighted by atomic mass is 19.2. The Kier molecular flexibility index (Phi) is 5.68. The van der Waals surface area contributed by atoms with Crippen LogP contribution in [0.1, 0.15) is 28.4 Å². The van der Waals surface area contributed by atoms with Crippen LogP contribution in [-0.4, -0.2) is 10.4 Å². The fraction of sp³-hybridized carbons (Fsp3) is 0.0513. The van der Waals surface area contributed by atoms with Crippen LogP contribution in [0.25, 0.3) is 60.6 Å². The first-order valence-electron chi connectivity index (χ1n) is 14.9. The van der Waals surface area contributed by atoms with Gasteiger partial charge in [0.05, 0.1) is 23.0 Å². The number of aromatic nitrogens is 1. The number of rotatable bonds is 3. The third-order valence-electron chi connectivity index (χ3n) is 8.96. The fourth-order valence-corrected chi connectivity index (χ4v) is 6.73. The van der Waals surface area contributed by atoms with E-state index in [-0.39, 0.29) is 17.8 Å². The summed E-state index contributed by atoms with van der Waals surface area (Å²) in [5.74, 6) is -3.59. The van der Waals surface area contributed by atoms with Crippen LogP contribution >= 0.6 is 0 Å². The summed E-state index contributed by atoms with van der Waals surface area (Å²) < 4.78 is 56.2. The predicted octanol–water partition coefficient (Wildman–Crippen LogP) is 10.5. The van der Waals surface area contributed by atoms with E-state index in [4.69, 9.17) is 9.15 Å². The SMILES string of the molecule is O=C1CC(c2ccc(-c3ccc(F)c(F)c3F)cc2)Oc2ccc(-n3c4ccccc4c4cc5c(cc43)oc3ccccc35)cc21. The number of halogens is 3. The van der Waals surface area contributed by atoms with Crippen molar-refractivity contribution < 1.29 is 27.1 Å². The van der Waals surface area contributed by atoms with Crippen molar-refractivity contribution in [1.29, 1.82) is 0 Å². The zero-order valence-corrected chi connectivity index (χ0v) is 24.1. The molecule has 7 heteroatoms. The summed E-state index contributed by atoms with van der Waals surface area (Å²) in [6.07, 6.45) is -0.438. The summed E-state index contributed by atoms with van der Waals surface area (Å²) in [7, 11) is 0. The lowest BCUT2D eigenvalue weighted by Gasteiger charge is -2.26. The number of hydrogen-bond acceptors (Lipinski definition) is 3. The highest BCUT2D eigenvalue weighted by molar-refractivity contribution is 6.17. The van der Waals surface area contributed by atoms with E-state index >= 15 is 0 Å². The van der Waals surface area contributed by atoms with Crippen molar-refractivity contribution in [3.8, 4) is 22.6 Å². The van der Waals surface area contributed by atoms with Gasteiger partial charge in [-0.05, 0) is 59.7 Å². The molecule has 0 fully saturated rings. The molecular weight excluding hydrogens is 587 g/mol. The molecule has 0 radical (unpaired) electrons. The van der Waals surface area contributed by atoms with E-state index in [0.29, 0.717) is 22.4 Å². The Balaban J connectivity index is 1.09. The first-order chi connectivity index (χ1) is 22.4. The first-order valence-corrected chi connectivity index (χ1v) is 14.9. The number of ether oxygens (including phenoxy) is 1. The van der Waals surface area contributed by atoms with Crippen LogP contribution in [0.2, 0.25) is 0 Å². The van der Waals surface area contributed by atoms with Gasteiger partial charge in [0.2, 0.25) is 0 Å². The summed E-state index contributed by atoms with van der Waals surface area (Å²) in [5.41, 5.74) is 5.97. The number of nitrogens with zero attached hydrogens (tertiary/aromatic N) is 1. The topological polar surface area (TPSA) is 44.4 Å². The van der Waals surface area contributed by atoms with Crippen molar-refractivity contribution >= 4 is 49.5 Å². The lowest BCUT2D eigenvalue weighted by molar-refractivity contribution is 0.0850. The van der Waals surface area contributed by atoms with Gasteiger partial charge in [-0.1, -0.05) is 60.7 Å². The van der Waals surface area contributed by atoms with Gasteiger partial charge < -0.3 is 13.7 Å². The second kappa shape index (κ2) is 9.84. The molecule has 0 saturated heterocycles. The second-order valence-electron chi connectivity index (χ2n) is 11.6. The zero-order valence-electron chi connectivity index (χ0n) is 24.1. The summed E-state index contributed by atoms with van der Waals surface area (Å²) in [5, 5.41) is 4.29. The van der Waals surface area contributed by atoms with Crippen molar-refractivity contribution in [3.05, 3.63) is 144 Å². The Morgan fingerprint density at radius 2 is 1.41 bits per heavy atom. The summed E-state index contributed by atoms with van der Waals surface area (Å²) in [4.78, 5) is 13.6.